The smallest absolute Gasteiger partial charge is 0.161 e. The van der Waals surface area contributed by atoms with Gasteiger partial charge in [-0.15, -0.1) is 0 Å². The molecule has 1 heterocycles. The third kappa shape index (κ3) is 3.44. The molecule has 0 aliphatic carbocycles. The van der Waals surface area contributed by atoms with Crippen LogP contribution in [0.3, 0.4) is 0 Å². The first kappa shape index (κ1) is 14.0. The SMILES string of the molecule is CCCCC(NN)c1c(OC)cnn1CCC. The Bertz CT molecular complexity index is 324. The van der Waals surface area contributed by atoms with Crippen molar-refractivity contribution < 1.29 is 4.74 Å². The van der Waals surface area contributed by atoms with E-state index in [-0.39, 0.29) is 6.04 Å². The highest BCUT2D eigenvalue weighted by molar-refractivity contribution is 5.28. The lowest BCUT2D eigenvalue weighted by atomic mass is 10.1. The molecule has 5 nitrogen and oxygen atoms in total. The van der Waals surface area contributed by atoms with Crippen LogP contribution in [0.15, 0.2) is 6.20 Å². The summed E-state index contributed by atoms with van der Waals surface area (Å²) in [6.07, 6.45) is 6.10. The quantitative estimate of drug-likeness (QED) is 0.539. The van der Waals surface area contributed by atoms with E-state index in [4.69, 9.17) is 10.6 Å². The van der Waals surface area contributed by atoms with Gasteiger partial charge in [0.05, 0.1) is 25.0 Å². The zero-order valence-corrected chi connectivity index (χ0v) is 11.1. The highest BCUT2D eigenvalue weighted by Crippen LogP contribution is 2.28. The average molecular weight is 240 g/mol. The first-order valence-electron chi connectivity index (χ1n) is 6.34. The van der Waals surface area contributed by atoms with Gasteiger partial charge in [0.2, 0.25) is 0 Å². The molecule has 0 saturated carbocycles. The normalized spacial score (nSPS) is 12.7. The fourth-order valence-corrected chi connectivity index (χ4v) is 1.98. The van der Waals surface area contributed by atoms with E-state index in [1.54, 1.807) is 13.3 Å². The van der Waals surface area contributed by atoms with Gasteiger partial charge >= 0.3 is 0 Å². The topological polar surface area (TPSA) is 65.1 Å². The zero-order chi connectivity index (χ0) is 12.7. The van der Waals surface area contributed by atoms with Gasteiger partial charge < -0.3 is 4.74 Å². The minimum Gasteiger partial charge on any atom is -0.493 e. The van der Waals surface area contributed by atoms with Crippen LogP contribution in [-0.4, -0.2) is 16.9 Å². The highest BCUT2D eigenvalue weighted by Gasteiger charge is 2.20. The molecule has 1 atom stereocenters. The summed E-state index contributed by atoms with van der Waals surface area (Å²) in [5.41, 5.74) is 3.93. The molecule has 98 valence electrons. The third-order valence-corrected chi connectivity index (χ3v) is 2.88. The fourth-order valence-electron chi connectivity index (χ4n) is 1.98. The van der Waals surface area contributed by atoms with Gasteiger partial charge in [-0.2, -0.15) is 5.10 Å². The molecule has 3 N–H and O–H groups in total. The molecule has 1 unspecified atom stereocenters. The molecule has 1 aromatic heterocycles. The van der Waals surface area contributed by atoms with E-state index in [1.165, 1.54) is 0 Å². The Labute approximate surface area is 103 Å². The number of hydrazine groups is 1. The van der Waals surface area contributed by atoms with E-state index in [0.29, 0.717) is 0 Å². The lowest BCUT2D eigenvalue weighted by Gasteiger charge is -2.18. The maximum atomic E-state index is 5.65. The minimum atomic E-state index is 0.110. The number of ether oxygens (including phenoxy) is 1. The monoisotopic (exact) mass is 240 g/mol. The van der Waals surface area contributed by atoms with Crippen LogP contribution in [0, 0.1) is 0 Å². The molecule has 17 heavy (non-hydrogen) atoms. The zero-order valence-electron chi connectivity index (χ0n) is 11.1. The Morgan fingerprint density at radius 1 is 1.47 bits per heavy atom. The molecule has 0 aliphatic rings. The van der Waals surface area contributed by atoms with Crippen LogP contribution in [-0.2, 0) is 6.54 Å². The molecular formula is C12H24N4O. The van der Waals surface area contributed by atoms with Crippen LogP contribution in [0.25, 0.3) is 0 Å². The van der Waals surface area contributed by atoms with Gasteiger partial charge in [0.25, 0.3) is 0 Å². The Hall–Kier alpha value is -1.07. The van der Waals surface area contributed by atoms with Crippen molar-refractivity contribution in [2.24, 2.45) is 5.84 Å². The number of aryl methyl sites for hydroxylation is 1. The van der Waals surface area contributed by atoms with Gasteiger partial charge in [0.15, 0.2) is 5.75 Å². The standard InChI is InChI=1S/C12H24N4O/c1-4-6-7-10(15-13)12-11(17-3)9-14-16(12)8-5-2/h9-10,15H,4-8,13H2,1-3H3. The van der Waals surface area contributed by atoms with Crippen molar-refractivity contribution in [3.05, 3.63) is 11.9 Å². The predicted octanol–water partition coefficient (Wildman–Crippen LogP) is 2.00. The summed E-state index contributed by atoms with van der Waals surface area (Å²) in [5, 5.41) is 4.35. The number of hydrogen-bond acceptors (Lipinski definition) is 4. The van der Waals surface area contributed by atoms with Gasteiger partial charge in [-0.1, -0.05) is 26.7 Å². The van der Waals surface area contributed by atoms with Gasteiger partial charge in [-0.25, -0.2) is 0 Å². The van der Waals surface area contributed by atoms with Crippen LogP contribution in [0.2, 0.25) is 0 Å². The molecule has 1 rings (SSSR count). The summed E-state index contributed by atoms with van der Waals surface area (Å²) in [7, 11) is 1.67. The molecule has 0 spiro atoms. The molecule has 5 heteroatoms. The Kier molecular flexibility index (Phi) is 6.00. The lowest BCUT2D eigenvalue weighted by molar-refractivity contribution is 0.382. The second-order valence-electron chi connectivity index (χ2n) is 4.18. The molecular weight excluding hydrogens is 216 g/mol. The van der Waals surface area contributed by atoms with Crippen LogP contribution in [0.4, 0.5) is 0 Å². The van der Waals surface area contributed by atoms with Gasteiger partial charge in [0.1, 0.15) is 0 Å². The second-order valence-corrected chi connectivity index (χ2v) is 4.18. The predicted molar refractivity (Wildman–Crippen MR) is 68.7 cm³/mol. The van der Waals surface area contributed by atoms with Crippen LogP contribution in [0.1, 0.15) is 51.3 Å². The van der Waals surface area contributed by atoms with Crippen LogP contribution >= 0.6 is 0 Å². The molecule has 0 saturated heterocycles. The van der Waals surface area contributed by atoms with Crippen molar-refractivity contribution >= 4 is 0 Å². The molecule has 0 amide bonds. The number of aromatic nitrogens is 2. The van der Waals surface area contributed by atoms with E-state index in [9.17, 15) is 0 Å². The van der Waals surface area contributed by atoms with Crippen molar-refractivity contribution in [1.82, 2.24) is 15.2 Å². The van der Waals surface area contributed by atoms with Crippen LogP contribution < -0.4 is 16.0 Å². The number of nitrogens with zero attached hydrogens (tertiary/aromatic N) is 2. The third-order valence-electron chi connectivity index (χ3n) is 2.88. The fraction of sp³-hybridized carbons (Fsp3) is 0.750. The van der Waals surface area contributed by atoms with Gasteiger partial charge in [0, 0.05) is 6.54 Å². The van der Waals surface area contributed by atoms with E-state index in [0.717, 1.165) is 43.7 Å². The highest BCUT2D eigenvalue weighted by atomic mass is 16.5. The summed E-state index contributed by atoms with van der Waals surface area (Å²) in [6, 6.07) is 0.110. The number of hydrogen-bond donors (Lipinski definition) is 2. The molecule has 0 radical (unpaired) electrons. The molecule has 0 aromatic carbocycles. The largest absolute Gasteiger partial charge is 0.493 e. The molecule has 1 aromatic rings. The first-order valence-corrected chi connectivity index (χ1v) is 6.34. The van der Waals surface area contributed by atoms with Crippen LogP contribution in [0.5, 0.6) is 5.75 Å². The van der Waals surface area contributed by atoms with Crippen molar-refractivity contribution in [3.8, 4) is 5.75 Å². The Morgan fingerprint density at radius 3 is 2.76 bits per heavy atom. The first-order chi connectivity index (χ1) is 8.28. The lowest BCUT2D eigenvalue weighted by Crippen LogP contribution is -2.30. The van der Waals surface area contributed by atoms with E-state index < -0.39 is 0 Å². The summed E-state index contributed by atoms with van der Waals surface area (Å²) < 4.78 is 7.34. The van der Waals surface area contributed by atoms with Crippen molar-refractivity contribution in [2.75, 3.05) is 7.11 Å². The number of nitrogens with two attached hydrogens (primary N) is 1. The summed E-state index contributed by atoms with van der Waals surface area (Å²) in [4.78, 5) is 0. The van der Waals surface area contributed by atoms with Gasteiger partial charge in [-0.05, 0) is 12.8 Å². The van der Waals surface area contributed by atoms with Crippen molar-refractivity contribution in [3.63, 3.8) is 0 Å². The number of rotatable bonds is 8. The Morgan fingerprint density at radius 2 is 2.24 bits per heavy atom. The summed E-state index contributed by atoms with van der Waals surface area (Å²) in [5.74, 6) is 6.46. The molecule has 0 bridgehead atoms. The van der Waals surface area contributed by atoms with E-state index >= 15 is 0 Å². The van der Waals surface area contributed by atoms with E-state index in [1.807, 2.05) is 4.68 Å². The molecule has 0 fully saturated rings. The number of unbranched alkanes of at least 4 members (excludes halogenated alkanes) is 1. The second kappa shape index (κ2) is 7.29. The van der Waals surface area contributed by atoms with E-state index in [2.05, 4.69) is 24.4 Å². The summed E-state index contributed by atoms with van der Waals surface area (Å²) in [6.45, 7) is 5.20. The maximum Gasteiger partial charge on any atom is 0.161 e. The van der Waals surface area contributed by atoms with Crippen molar-refractivity contribution in [2.45, 2.75) is 52.1 Å². The summed E-state index contributed by atoms with van der Waals surface area (Å²) >= 11 is 0. The maximum absolute atomic E-state index is 5.65. The van der Waals surface area contributed by atoms with Gasteiger partial charge in [-0.3, -0.25) is 16.0 Å². The average Bonchev–Trinajstić information content (AvgIpc) is 2.74. The number of nitrogens with one attached hydrogen (secondary N) is 1. The molecule has 0 aliphatic heterocycles. The van der Waals surface area contributed by atoms with Crippen molar-refractivity contribution in [1.29, 1.82) is 0 Å². The Balaban J connectivity index is 2.92. The minimum absolute atomic E-state index is 0.110. The number of methoxy groups -OCH3 is 1.